The maximum atomic E-state index is 11.3. The fraction of sp³-hybridized carbons (Fsp3) is 0. The number of carboxylic acids is 1. The van der Waals surface area contributed by atoms with Crippen LogP contribution in [-0.2, 0) is 0 Å². The molecule has 0 aliphatic rings. The standard InChI is InChI=1S/C22H15N7O4/c23-27-17(16-10-9-15(32-16)12-5-4-6-13(11-12)22(30)31)18-19(24-14-7-2-1-3-8-14)26-21-20(25-18)28-33-29-21/h1-11H,23H2,(H,30,31)(H,24,26,29). The number of nitrogens with one attached hydrogen (secondary N) is 1. The largest absolute Gasteiger partial charge is 0.478 e. The van der Waals surface area contributed by atoms with E-state index in [0.29, 0.717) is 22.9 Å². The fourth-order valence-electron chi connectivity index (χ4n) is 3.22. The van der Waals surface area contributed by atoms with Gasteiger partial charge in [0.05, 0.1) is 5.56 Å². The number of hydrogen-bond donors (Lipinski definition) is 3. The first-order chi connectivity index (χ1) is 16.1. The molecule has 0 fully saturated rings. The second-order valence-corrected chi connectivity index (χ2v) is 6.85. The zero-order chi connectivity index (χ0) is 22.8. The minimum Gasteiger partial charge on any atom is -0.478 e. The van der Waals surface area contributed by atoms with Crippen LogP contribution in [0.1, 0.15) is 21.8 Å². The van der Waals surface area contributed by atoms with Crippen molar-refractivity contribution in [3.63, 3.8) is 0 Å². The third kappa shape index (κ3) is 3.85. The van der Waals surface area contributed by atoms with Crippen LogP contribution in [0.2, 0.25) is 0 Å². The molecule has 162 valence electrons. The number of carboxylic acid groups (broad SMARTS) is 1. The smallest absolute Gasteiger partial charge is 0.335 e. The van der Waals surface area contributed by atoms with Gasteiger partial charge in [-0.05, 0) is 46.7 Å². The number of furan rings is 1. The molecule has 3 heterocycles. The molecule has 11 heteroatoms. The number of aromatic carboxylic acids is 1. The van der Waals surface area contributed by atoms with Crippen LogP contribution < -0.4 is 11.2 Å². The Bertz CT molecular complexity index is 1490. The molecule has 0 saturated carbocycles. The number of fused-ring (bicyclic) bond motifs is 1. The number of rotatable bonds is 6. The van der Waals surface area contributed by atoms with Crippen LogP contribution in [0.4, 0.5) is 11.5 Å². The lowest BCUT2D eigenvalue weighted by Crippen LogP contribution is -2.12. The summed E-state index contributed by atoms with van der Waals surface area (Å²) in [5.41, 5.74) is 2.33. The third-order valence-electron chi connectivity index (χ3n) is 4.74. The van der Waals surface area contributed by atoms with Crippen molar-refractivity contribution >= 4 is 34.5 Å². The molecule has 4 N–H and O–H groups in total. The van der Waals surface area contributed by atoms with E-state index in [2.05, 4.69) is 30.7 Å². The summed E-state index contributed by atoms with van der Waals surface area (Å²) in [5.74, 6) is 5.75. The highest BCUT2D eigenvalue weighted by atomic mass is 16.6. The Morgan fingerprint density at radius 1 is 0.970 bits per heavy atom. The maximum Gasteiger partial charge on any atom is 0.335 e. The van der Waals surface area contributed by atoms with Crippen LogP contribution in [0.25, 0.3) is 22.6 Å². The Kier molecular flexibility index (Phi) is 4.96. The number of aromatic nitrogens is 4. The molecule has 0 bridgehead atoms. The number of para-hydroxylation sites is 1. The summed E-state index contributed by atoms with van der Waals surface area (Å²) in [6.07, 6.45) is 0. The molecular weight excluding hydrogens is 426 g/mol. The van der Waals surface area contributed by atoms with Crippen LogP contribution in [0.3, 0.4) is 0 Å². The Morgan fingerprint density at radius 2 is 1.76 bits per heavy atom. The van der Waals surface area contributed by atoms with Crippen LogP contribution in [0, 0.1) is 0 Å². The van der Waals surface area contributed by atoms with Crippen LogP contribution >= 0.6 is 0 Å². The van der Waals surface area contributed by atoms with E-state index in [1.165, 1.54) is 12.1 Å². The molecule has 0 aliphatic carbocycles. The normalized spacial score (nSPS) is 11.6. The van der Waals surface area contributed by atoms with Crippen LogP contribution in [0.5, 0.6) is 0 Å². The van der Waals surface area contributed by atoms with Crippen molar-refractivity contribution in [3.05, 3.63) is 83.7 Å². The quantitative estimate of drug-likeness (QED) is 0.202. The average Bonchev–Trinajstić information content (AvgIpc) is 3.50. The molecule has 0 aliphatic heterocycles. The highest BCUT2D eigenvalue weighted by Crippen LogP contribution is 2.27. The predicted molar refractivity (Wildman–Crippen MR) is 118 cm³/mol. The lowest BCUT2D eigenvalue weighted by molar-refractivity contribution is 0.0697. The lowest BCUT2D eigenvalue weighted by atomic mass is 10.1. The van der Waals surface area contributed by atoms with Crippen molar-refractivity contribution in [2.24, 2.45) is 10.9 Å². The van der Waals surface area contributed by atoms with Gasteiger partial charge >= 0.3 is 5.97 Å². The van der Waals surface area contributed by atoms with Gasteiger partial charge in [-0.1, -0.05) is 30.3 Å². The van der Waals surface area contributed by atoms with E-state index in [-0.39, 0.29) is 28.3 Å². The molecule has 3 aromatic heterocycles. The van der Waals surface area contributed by atoms with E-state index in [9.17, 15) is 9.90 Å². The van der Waals surface area contributed by atoms with Gasteiger partial charge in [-0.3, -0.25) is 0 Å². The van der Waals surface area contributed by atoms with E-state index in [1.54, 1.807) is 24.3 Å². The van der Waals surface area contributed by atoms with Gasteiger partial charge in [-0.2, -0.15) is 5.10 Å². The van der Waals surface area contributed by atoms with E-state index in [4.69, 9.17) is 14.9 Å². The summed E-state index contributed by atoms with van der Waals surface area (Å²) < 4.78 is 10.7. The maximum absolute atomic E-state index is 11.3. The molecule has 5 rings (SSSR count). The number of nitrogens with two attached hydrogens (primary N) is 1. The van der Waals surface area contributed by atoms with Gasteiger partial charge in [0.25, 0.3) is 0 Å². The van der Waals surface area contributed by atoms with Crippen molar-refractivity contribution in [2.75, 3.05) is 5.32 Å². The lowest BCUT2D eigenvalue weighted by Gasteiger charge is -2.10. The third-order valence-corrected chi connectivity index (χ3v) is 4.74. The van der Waals surface area contributed by atoms with E-state index < -0.39 is 5.97 Å². The molecule has 11 nitrogen and oxygen atoms in total. The molecular formula is C22H15N7O4. The van der Waals surface area contributed by atoms with Gasteiger partial charge in [0.2, 0.25) is 11.3 Å². The summed E-state index contributed by atoms with van der Waals surface area (Å²) in [6, 6.07) is 19.1. The summed E-state index contributed by atoms with van der Waals surface area (Å²) in [5, 5.41) is 23.8. The van der Waals surface area contributed by atoms with Crippen molar-refractivity contribution < 1.29 is 18.9 Å². The average molecular weight is 441 g/mol. The number of hydrogen-bond acceptors (Lipinski definition) is 10. The number of benzene rings is 2. The molecule has 2 aromatic carbocycles. The SMILES string of the molecule is NN=C(c1ccc(-c2cccc(C(=O)O)c2)o1)c1nc2nonc2nc1Nc1ccccc1. The minimum absolute atomic E-state index is 0.141. The summed E-state index contributed by atoms with van der Waals surface area (Å²) in [4.78, 5) is 20.2. The molecule has 0 spiro atoms. The Labute approximate surface area is 185 Å². The van der Waals surface area contributed by atoms with E-state index in [0.717, 1.165) is 5.69 Å². The first-order valence-electron chi connectivity index (χ1n) is 9.67. The van der Waals surface area contributed by atoms with Gasteiger partial charge in [-0.25, -0.2) is 19.4 Å². The minimum atomic E-state index is -1.03. The zero-order valence-corrected chi connectivity index (χ0v) is 16.8. The summed E-state index contributed by atoms with van der Waals surface area (Å²) in [6.45, 7) is 0. The Balaban J connectivity index is 1.57. The van der Waals surface area contributed by atoms with Gasteiger partial charge < -0.3 is 20.7 Å². The highest BCUT2D eigenvalue weighted by molar-refractivity contribution is 6.13. The zero-order valence-electron chi connectivity index (χ0n) is 16.8. The van der Waals surface area contributed by atoms with E-state index in [1.807, 2.05) is 30.3 Å². The van der Waals surface area contributed by atoms with Crippen LogP contribution in [0.15, 0.2) is 80.9 Å². The number of anilines is 2. The summed E-state index contributed by atoms with van der Waals surface area (Å²) in [7, 11) is 0. The Hall–Kier alpha value is -5.06. The first kappa shape index (κ1) is 19.9. The van der Waals surface area contributed by atoms with Crippen molar-refractivity contribution in [1.82, 2.24) is 20.3 Å². The van der Waals surface area contributed by atoms with Crippen molar-refractivity contribution in [3.8, 4) is 11.3 Å². The van der Waals surface area contributed by atoms with Crippen molar-refractivity contribution in [2.45, 2.75) is 0 Å². The van der Waals surface area contributed by atoms with Gasteiger partial charge in [0, 0.05) is 11.3 Å². The Morgan fingerprint density at radius 3 is 2.52 bits per heavy atom. The van der Waals surface area contributed by atoms with Gasteiger partial charge in [0.1, 0.15) is 11.5 Å². The molecule has 0 amide bonds. The highest BCUT2D eigenvalue weighted by Gasteiger charge is 2.22. The summed E-state index contributed by atoms with van der Waals surface area (Å²) >= 11 is 0. The molecule has 0 radical (unpaired) electrons. The number of nitrogens with zero attached hydrogens (tertiary/aromatic N) is 5. The fourth-order valence-corrected chi connectivity index (χ4v) is 3.22. The first-order valence-corrected chi connectivity index (χ1v) is 9.67. The second-order valence-electron chi connectivity index (χ2n) is 6.85. The van der Waals surface area contributed by atoms with Crippen LogP contribution in [-0.4, -0.2) is 37.1 Å². The number of hydrazone groups is 1. The van der Waals surface area contributed by atoms with Crippen molar-refractivity contribution in [1.29, 1.82) is 0 Å². The molecule has 5 aromatic rings. The topological polar surface area (TPSA) is 166 Å². The molecule has 33 heavy (non-hydrogen) atoms. The second kappa shape index (κ2) is 8.23. The van der Waals surface area contributed by atoms with E-state index >= 15 is 0 Å². The van der Waals surface area contributed by atoms with Gasteiger partial charge in [-0.15, -0.1) is 0 Å². The molecule has 0 saturated heterocycles. The van der Waals surface area contributed by atoms with Gasteiger partial charge in [0.15, 0.2) is 17.3 Å². The monoisotopic (exact) mass is 441 g/mol. The predicted octanol–water partition coefficient (Wildman–Crippen LogP) is 3.43. The number of carbonyl (C=O) groups is 1. The molecule has 0 atom stereocenters. The molecule has 0 unspecified atom stereocenters.